The van der Waals surface area contributed by atoms with E-state index in [0.29, 0.717) is 43.9 Å². The van der Waals surface area contributed by atoms with Crippen LogP contribution in [-0.4, -0.2) is 58.8 Å². The molecule has 1 fully saturated rings. The average molecular weight is 500 g/mol. The number of carbonyl (C=O) groups is 1. The predicted octanol–water partition coefficient (Wildman–Crippen LogP) is 4.23. The van der Waals surface area contributed by atoms with Gasteiger partial charge in [0.25, 0.3) is 0 Å². The summed E-state index contributed by atoms with van der Waals surface area (Å²) in [6.07, 6.45) is 2.22. The molecule has 2 amide bonds. The van der Waals surface area contributed by atoms with Gasteiger partial charge in [0.15, 0.2) is 11.6 Å². The first kappa shape index (κ1) is 24.2. The van der Waals surface area contributed by atoms with E-state index in [1.165, 1.54) is 31.4 Å². The molecule has 0 unspecified atom stereocenters. The van der Waals surface area contributed by atoms with Crippen LogP contribution in [0.25, 0.3) is 11.3 Å². The van der Waals surface area contributed by atoms with Gasteiger partial charge in [-0.05, 0) is 49.7 Å². The van der Waals surface area contributed by atoms with Crippen molar-refractivity contribution in [3.8, 4) is 17.0 Å². The number of nitrogens with one attached hydrogen (secondary N) is 2. The molecule has 2 aromatic carbocycles. The zero-order valence-corrected chi connectivity index (χ0v) is 20.0. The minimum absolute atomic E-state index is 0.0514. The quantitative estimate of drug-likeness (QED) is 0.551. The van der Waals surface area contributed by atoms with Gasteiger partial charge in [-0.3, -0.25) is 10.00 Å². The molecule has 2 N–H and O–H groups in total. The van der Waals surface area contributed by atoms with Gasteiger partial charge in [0.05, 0.1) is 19.3 Å². The monoisotopic (exact) mass is 499 g/mol. The summed E-state index contributed by atoms with van der Waals surface area (Å²) in [5, 5.41) is 10.5. The lowest BCUT2D eigenvalue weighted by Crippen LogP contribution is -2.52. The highest BCUT2D eigenvalue weighted by atomic mass is 19.1. The summed E-state index contributed by atoms with van der Waals surface area (Å²) in [7, 11) is 1.41. The van der Waals surface area contributed by atoms with Crippen molar-refractivity contribution in [3.63, 3.8) is 0 Å². The van der Waals surface area contributed by atoms with E-state index < -0.39 is 17.5 Å². The van der Waals surface area contributed by atoms with Crippen molar-refractivity contribution in [3.05, 3.63) is 70.7 Å². The van der Waals surface area contributed by atoms with E-state index in [9.17, 15) is 18.0 Å². The van der Waals surface area contributed by atoms with Crippen LogP contribution in [-0.2, 0) is 19.5 Å². The first-order chi connectivity index (χ1) is 17.4. The normalized spacial score (nSPS) is 18.1. The number of nitrogens with zero attached hydrogens (tertiary/aromatic N) is 3. The maximum atomic E-state index is 14.3. The largest absolute Gasteiger partial charge is 0.494 e. The highest BCUT2D eigenvalue weighted by molar-refractivity contribution is 5.76. The molecule has 0 bridgehead atoms. The first-order valence-corrected chi connectivity index (χ1v) is 12.0. The molecule has 1 saturated heterocycles. The van der Waals surface area contributed by atoms with E-state index in [-0.39, 0.29) is 29.9 Å². The third-order valence-corrected chi connectivity index (χ3v) is 6.92. The second-order valence-corrected chi connectivity index (χ2v) is 9.27. The van der Waals surface area contributed by atoms with E-state index >= 15 is 0 Å². The lowest BCUT2D eigenvalue weighted by atomic mass is 10.0. The van der Waals surface area contributed by atoms with Gasteiger partial charge >= 0.3 is 6.03 Å². The molecule has 190 valence electrons. The minimum atomic E-state index is -0.557. The molecule has 3 aromatic rings. The lowest BCUT2D eigenvalue weighted by Gasteiger charge is -2.35. The van der Waals surface area contributed by atoms with Crippen LogP contribution in [0.4, 0.5) is 18.0 Å². The van der Waals surface area contributed by atoms with E-state index in [0.717, 1.165) is 24.1 Å². The highest BCUT2D eigenvalue weighted by Gasteiger charge is 2.29. The number of piperidine rings is 1. The second-order valence-electron chi connectivity index (χ2n) is 9.27. The van der Waals surface area contributed by atoms with Crippen molar-refractivity contribution >= 4 is 6.03 Å². The van der Waals surface area contributed by atoms with Gasteiger partial charge < -0.3 is 15.0 Å². The fraction of sp³-hybridized carbons (Fsp3) is 0.385. The number of fused-ring (bicyclic) bond motifs is 1. The number of urea groups is 1. The first-order valence-electron chi connectivity index (χ1n) is 12.0. The Morgan fingerprint density at radius 3 is 2.72 bits per heavy atom. The zero-order valence-electron chi connectivity index (χ0n) is 20.0. The molecular formula is C26H28F3N5O2. The summed E-state index contributed by atoms with van der Waals surface area (Å²) in [4.78, 5) is 16.8. The fourth-order valence-electron chi connectivity index (χ4n) is 5.01. The van der Waals surface area contributed by atoms with Crippen molar-refractivity contribution in [1.82, 2.24) is 25.3 Å². The third-order valence-electron chi connectivity index (χ3n) is 6.92. The van der Waals surface area contributed by atoms with Crippen LogP contribution in [0.3, 0.4) is 0 Å². The third kappa shape index (κ3) is 4.90. The van der Waals surface area contributed by atoms with E-state index in [1.54, 1.807) is 17.0 Å². The number of ether oxygens (including phenoxy) is 1. The van der Waals surface area contributed by atoms with E-state index in [1.807, 2.05) is 4.90 Å². The van der Waals surface area contributed by atoms with Crippen LogP contribution in [0.5, 0.6) is 5.75 Å². The molecule has 0 spiro atoms. The van der Waals surface area contributed by atoms with Gasteiger partial charge in [-0.25, -0.2) is 18.0 Å². The number of aromatic nitrogens is 2. The summed E-state index contributed by atoms with van der Waals surface area (Å²) >= 11 is 0. The number of amides is 2. The number of halogens is 3. The zero-order chi connectivity index (χ0) is 25.2. The number of methoxy groups -OCH3 is 1. The molecule has 0 saturated carbocycles. The van der Waals surface area contributed by atoms with E-state index in [2.05, 4.69) is 15.5 Å². The number of hydrogen-bond acceptors (Lipinski definition) is 4. The minimum Gasteiger partial charge on any atom is -0.494 e. The van der Waals surface area contributed by atoms with Crippen LogP contribution in [0, 0.1) is 17.5 Å². The highest BCUT2D eigenvalue weighted by Crippen LogP contribution is 2.31. The SMILES string of the molecule is COc1ccc(-c2n[nH]c3c2CN(C(=O)N[C@@H]2CCCN(Cc4c(F)cccc4F)C2)CC3)cc1F. The number of H-pyrrole nitrogens is 1. The van der Waals surface area contributed by atoms with Crippen molar-refractivity contribution < 1.29 is 22.7 Å². The summed E-state index contributed by atoms with van der Waals surface area (Å²) < 4.78 is 47.4. The molecule has 1 atom stereocenters. The van der Waals surface area contributed by atoms with Crippen molar-refractivity contribution in [2.45, 2.75) is 38.4 Å². The molecule has 2 aliphatic rings. The van der Waals surface area contributed by atoms with Gasteiger partial charge in [-0.2, -0.15) is 5.10 Å². The van der Waals surface area contributed by atoms with Crippen LogP contribution in [0.2, 0.25) is 0 Å². The molecule has 7 nitrogen and oxygen atoms in total. The van der Waals surface area contributed by atoms with Crippen molar-refractivity contribution in [2.75, 3.05) is 26.7 Å². The van der Waals surface area contributed by atoms with Gasteiger partial charge in [-0.1, -0.05) is 6.07 Å². The molecule has 3 heterocycles. The Labute approximate surface area is 207 Å². The standard InChI is InChI=1S/C26H28F3N5O2/c1-36-24-8-7-16(12-22(24)29)25-19-15-34(11-9-23(19)31-32-25)26(35)30-17-4-3-10-33(13-17)14-18-20(27)5-2-6-21(18)28/h2,5-8,12,17H,3-4,9-11,13-15H2,1H3,(H,30,35)(H,31,32)/t17-/m1/s1. The predicted molar refractivity (Wildman–Crippen MR) is 128 cm³/mol. The summed E-state index contributed by atoms with van der Waals surface area (Å²) in [6.45, 7) is 2.26. The van der Waals surface area contributed by atoms with Gasteiger partial charge in [0, 0.05) is 54.5 Å². The Morgan fingerprint density at radius 1 is 1.17 bits per heavy atom. The van der Waals surface area contributed by atoms with Crippen LogP contribution in [0.1, 0.15) is 29.7 Å². The molecule has 0 aliphatic carbocycles. The Morgan fingerprint density at radius 2 is 1.97 bits per heavy atom. The van der Waals surface area contributed by atoms with Gasteiger partial charge in [-0.15, -0.1) is 0 Å². The van der Waals surface area contributed by atoms with Gasteiger partial charge in [0.2, 0.25) is 0 Å². The van der Waals surface area contributed by atoms with E-state index in [4.69, 9.17) is 4.74 Å². The maximum Gasteiger partial charge on any atom is 0.317 e. The van der Waals surface area contributed by atoms with Crippen LogP contribution in [0.15, 0.2) is 36.4 Å². The maximum absolute atomic E-state index is 14.3. The Kier molecular flexibility index (Phi) is 6.86. The van der Waals surface area contributed by atoms with Crippen molar-refractivity contribution in [1.29, 1.82) is 0 Å². The van der Waals surface area contributed by atoms with Crippen LogP contribution >= 0.6 is 0 Å². The molecule has 5 rings (SSSR count). The smallest absolute Gasteiger partial charge is 0.317 e. The van der Waals surface area contributed by atoms with Crippen molar-refractivity contribution in [2.24, 2.45) is 0 Å². The second kappa shape index (κ2) is 10.2. The number of likely N-dealkylation sites (tertiary alicyclic amines) is 1. The van der Waals surface area contributed by atoms with Gasteiger partial charge in [0.1, 0.15) is 11.6 Å². The molecule has 0 radical (unpaired) electrons. The number of carbonyl (C=O) groups excluding carboxylic acids is 1. The Hall–Kier alpha value is -3.53. The topological polar surface area (TPSA) is 73.5 Å². The number of benzene rings is 2. The molecular weight excluding hydrogens is 471 g/mol. The molecule has 36 heavy (non-hydrogen) atoms. The molecule has 2 aliphatic heterocycles. The number of rotatable bonds is 5. The summed E-state index contributed by atoms with van der Waals surface area (Å²) in [5.74, 6) is -1.44. The number of aromatic amines is 1. The average Bonchev–Trinajstić information content (AvgIpc) is 3.30. The summed E-state index contributed by atoms with van der Waals surface area (Å²) in [5.41, 5.74) is 3.06. The lowest BCUT2D eigenvalue weighted by molar-refractivity contribution is 0.158. The van der Waals surface area contributed by atoms with Crippen LogP contribution < -0.4 is 10.1 Å². The molecule has 1 aromatic heterocycles. The molecule has 10 heteroatoms. The number of hydrogen-bond donors (Lipinski definition) is 2. The Bertz CT molecular complexity index is 1240. The summed E-state index contributed by atoms with van der Waals surface area (Å²) in [6, 6.07) is 8.23. The fourth-order valence-corrected chi connectivity index (χ4v) is 5.01. The Balaban J connectivity index is 1.24.